The molecule has 1 aromatic carbocycles. The maximum atomic E-state index is 5.69. The molecule has 5 nitrogen and oxygen atoms in total. The quantitative estimate of drug-likeness (QED) is 0.820. The van der Waals surface area contributed by atoms with E-state index in [-0.39, 0.29) is 0 Å². The number of benzene rings is 1. The Morgan fingerprint density at radius 2 is 2.24 bits per heavy atom. The summed E-state index contributed by atoms with van der Waals surface area (Å²) in [5.41, 5.74) is 7.09. The summed E-state index contributed by atoms with van der Waals surface area (Å²) in [5, 5.41) is 3.91. The lowest BCUT2D eigenvalue weighted by atomic mass is 10.2. The molecule has 2 aromatic rings. The van der Waals surface area contributed by atoms with E-state index in [0.717, 1.165) is 18.4 Å². The molecule has 2 rings (SSSR count). The highest BCUT2D eigenvalue weighted by Crippen LogP contribution is 2.30. The van der Waals surface area contributed by atoms with Crippen molar-refractivity contribution >= 4 is 5.69 Å². The number of hydrogen-bond donors (Lipinski definition) is 1. The highest BCUT2D eigenvalue weighted by Gasteiger charge is 2.13. The molecule has 0 spiro atoms. The van der Waals surface area contributed by atoms with E-state index < -0.39 is 0 Å². The molecular formula is C12H15N3O2. The minimum atomic E-state index is 0.463. The Balaban J connectivity index is 2.37. The number of aromatic nitrogens is 2. The number of nitrogens with zero attached hydrogens (tertiary/aromatic N) is 2. The molecule has 90 valence electrons. The van der Waals surface area contributed by atoms with Crippen molar-refractivity contribution in [1.29, 1.82) is 0 Å². The van der Waals surface area contributed by atoms with E-state index >= 15 is 0 Å². The van der Waals surface area contributed by atoms with Crippen molar-refractivity contribution in [2.75, 3.05) is 12.8 Å². The van der Waals surface area contributed by atoms with Gasteiger partial charge in [-0.1, -0.05) is 12.1 Å². The minimum absolute atomic E-state index is 0.463. The second kappa shape index (κ2) is 4.86. The number of aryl methyl sites for hydroxylation is 1. The molecule has 0 unspecified atom stereocenters. The van der Waals surface area contributed by atoms with Crippen molar-refractivity contribution in [2.45, 2.75) is 19.8 Å². The fraction of sp³-hybridized carbons (Fsp3) is 0.333. The minimum Gasteiger partial charge on any atom is -0.496 e. The molecule has 0 aliphatic carbocycles. The topological polar surface area (TPSA) is 74.2 Å². The van der Waals surface area contributed by atoms with Crippen LogP contribution in [0.25, 0.3) is 11.5 Å². The smallest absolute Gasteiger partial charge is 0.261 e. The lowest BCUT2D eigenvalue weighted by molar-refractivity contribution is 0.403. The average molecular weight is 233 g/mol. The van der Waals surface area contributed by atoms with E-state index in [2.05, 4.69) is 17.1 Å². The van der Waals surface area contributed by atoms with Gasteiger partial charge in [-0.25, -0.2) is 0 Å². The molecule has 0 saturated carbocycles. The van der Waals surface area contributed by atoms with Gasteiger partial charge >= 0.3 is 0 Å². The number of ether oxygens (including phenoxy) is 1. The van der Waals surface area contributed by atoms with Gasteiger partial charge in [0, 0.05) is 18.2 Å². The first-order chi connectivity index (χ1) is 8.24. The highest BCUT2D eigenvalue weighted by atomic mass is 16.5. The van der Waals surface area contributed by atoms with Crippen LogP contribution in [0, 0.1) is 0 Å². The van der Waals surface area contributed by atoms with Gasteiger partial charge in [0.2, 0.25) is 0 Å². The largest absolute Gasteiger partial charge is 0.496 e. The second-order valence-electron chi connectivity index (χ2n) is 3.73. The molecule has 17 heavy (non-hydrogen) atoms. The van der Waals surface area contributed by atoms with Gasteiger partial charge < -0.3 is 15.0 Å². The van der Waals surface area contributed by atoms with E-state index in [0.29, 0.717) is 23.2 Å². The molecule has 0 aliphatic heterocycles. The molecule has 1 aromatic heterocycles. The molecule has 0 radical (unpaired) electrons. The zero-order chi connectivity index (χ0) is 12.3. The molecule has 5 heteroatoms. The SMILES string of the molecule is CCCc1noc(-c2ccc(N)cc2OC)n1. The summed E-state index contributed by atoms with van der Waals surface area (Å²) in [6.07, 6.45) is 1.79. The van der Waals surface area contributed by atoms with Crippen LogP contribution in [0.5, 0.6) is 5.75 Å². The average Bonchev–Trinajstić information content (AvgIpc) is 2.78. The second-order valence-corrected chi connectivity index (χ2v) is 3.73. The van der Waals surface area contributed by atoms with Gasteiger partial charge in [0.05, 0.1) is 12.7 Å². The number of nitrogen functional groups attached to an aromatic ring is 1. The molecule has 0 amide bonds. The normalized spacial score (nSPS) is 10.5. The fourth-order valence-corrected chi connectivity index (χ4v) is 1.57. The van der Waals surface area contributed by atoms with E-state index in [1.165, 1.54) is 0 Å². The van der Waals surface area contributed by atoms with Crippen LogP contribution in [0.2, 0.25) is 0 Å². The molecule has 1 heterocycles. The zero-order valence-corrected chi connectivity index (χ0v) is 9.93. The number of hydrogen-bond acceptors (Lipinski definition) is 5. The summed E-state index contributed by atoms with van der Waals surface area (Å²) in [7, 11) is 1.58. The van der Waals surface area contributed by atoms with Gasteiger partial charge in [0.15, 0.2) is 5.82 Å². The van der Waals surface area contributed by atoms with Crippen LogP contribution in [-0.2, 0) is 6.42 Å². The van der Waals surface area contributed by atoms with Crippen LogP contribution in [0.4, 0.5) is 5.69 Å². The first kappa shape index (κ1) is 11.4. The van der Waals surface area contributed by atoms with Gasteiger partial charge in [0.25, 0.3) is 5.89 Å². The van der Waals surface area contributed by atoms with Crippen molar-refractivity contribution in [3.8, 4) is 17.2 Å². The Kier molecular flexibility index (Phi) is 3.27. The third kappa shape index (κ3) is 2.38. The predicted octanol–water partition coefficient (Wildman–Crippen LogP) is 2.28. The lowest BCUT2D eigenvalue weighted by Gasteiger charge is -2.05. The van der Waals surface area contributed by atoms with E-state index in [4.69, 9.17) is 15.0 Å². The number of nitrogens with two attached hydrogens (primary N) is 1. The van der Waals surface area contributed by atoms with Crippen LogP contribution >= 0.6 is 0 Å². The molecule has 0 aliphatic rings. The third-order valence-corrected chi connectivity index (χ3v) is 2.40. The van der Waals surface area contributed by atoms with Crippen molar-refractivity contribution in [3.05, 3.63) is 24.0 Å². The van der Waals surface area contributed by atoms with Gasteiger partial charge in [-0.3, -0.25) is 0 Å². The summed E-state index contributed by atoms with van der Waals surface area (Å²) in [4.78, 5) is 4.31. The Bertz CT molecular complexity index is 508. The molecule has 2 N–H and O–H groups in total. The summed E-state index contributed by atoms with van der Waals surface area (Å²) in [5.74, 6) is 1.81. The molecule has 0 atom stereocenters. The Morgan fingerprint density at radius 1 is 1.41 bits per heavy atom. The van der Waals surface area contributed by atoms with E-state index in [1.807, 2.05) is 6.07 Å². The van der Waals surface area contributed by atoms with Crippen molar-refractivity contribution in [3.63, 3.8) is 0 Å². The summed E-state index contributed by atoms with van der Waals surface area (Å²) in [6, 6.07) is 5.33. The maximum Gasteiger partial charge on any atom is 0.261 e. The first-order valence-corrected chi connectivity index (χ1v) is 5.51. The van der Waals surface area contributed by atoms with Crippen molar-refractivity contribution < 1.29 is 9.26 Å². The van der Waals surface area contributed by atoms with Crippen LogP contribution in [-0.4, -0.2) is 17.3 Å². The summed E-state index contributed by atoms with van der Waals surface area (Å²) in [6.45, 7) is 2.07. The third-order valence-electron chi connectivity index (χ3n) is 2.40. The molecule has 0 saturated heterocycles. The Hall–Kier alpha value is -2.04. The van der Waals surface area contributed by atoms with Gasteiger partial charge in [0.1, 0.15) is 5.75 Å². The van der Waals surface area contributed by atoms with Gasteiger partial charge in [-0.05, 0) is 18.6 Å². The Labute approximate surface area is 99.6 Å². The zero-order valence-electron chi connectivity index (χ0n) is 9.93. The molecular weight excluding hydrogens is 218 g/mol. The van der Waals surface area contributed by atoms with Crippen LogP contribution in [0.1, 0.15) is 19.2 Å². The molecule has 0 fully saturated rings. The maximum absolute atomic E-state index is 5.69. The van der Waals surface area contributed by atoms with Crippen molar-refractivity contribution in [2.24, 2.45) is 0 Å². The number of rotatable bonds is 4. The molecule has 0 bridgehead atoms. The van der Waals surface area contributed by atoms with Gasteiger partial charge in [-0.2, -0.15) is 4.98 Å². The number of methoxy groups -OCH3 is 1. The highest BCUT2D eigenvalue weighted by molar-refractivity contribution is 5.66. The summed E-state index contributed by atoms with van der Waals surface area (Å²) >= 11 is 0. The van der Waals surface area contributed by atoms with Gasteiger partial charge in [-0.15, -0.1) is 0 Å². The lowest BCUT2D eigenvalue weighted by Crippen LogP contribution is -1.92. The monoisotopic (exact) mass is 233 g/mol. The van der Waals surface area contributed by atoms with Crippen LogP contribution in [0.15, 0.2) is 22.7 Å². The fourth-order valence-electron chi connectivity index (χ4n) is 1.57. The summed E-state index contributed by atoms with van der Waals surface area (Å²) < 4.78 is 10.4. The van der Waals surface area contributed by atoms with E-state index in [1.54, 1.807) is 19.2 Å². The van der Waals surface area contributed by atoms with Crippen LogP contribution < -0.4 is 10.5 Å². The number of anilines is 1. The van der Waals surface area contributed by atoms with E-state index in [9.17, 15) is 0 Å². The predicted molar refractivity (Wildman–Crippen MR) is 64.7 cm³/mol. The first-order valence-electron chi connectivity index (χ1n) is 5.51. The van der Waals surface area contributed by atoms with Crippen LogP contribution in [0.3, 0.4) is 0 Å². The Morgan fingerprint density at radius 3 is 2.94 bits per heavy atom. The van der Waals surface area contributed by atoms with Crippen molar-refractivity contribution in [1.82, 2.24) is 10.1 Å². The standard InChI is InChI=1S/C12H15N3O2/c1-3-4-11-14-12(17-15-11)9-6-5-8(13)7-10(9)16-2/h5-7H,3-4,13H2,1-2H3.